The molecule has 0 aromatic rings. The summed E-state index contributed by atoms with van der Waals surface area (Å²) in [6.07, 6.45) is 16.7. The van der Waals surface area contributed by atoms with E-state index in [0.717, 1.165) is 19.3 Å². The Bertz CT molecular complexity index is 475. The predicted molar refractivity (Wildman–Crippen MR) is 102 cm³/mol. The summed E-state index contributed by atoms with van der Waals surface area (Å²) in [4.78, 5) is 24.4. The van der Waals surface area contributed by atoms with Gasteiger partial charge in [0.25, 0.3) is 0 Å². The molecule has 1 rings (SSSR count). The van der Waals surface area contributed by atoms with Gasteiger partial charge < -0.3 is 0 Å². The zero-order chi connectivity index (χ0) is 18.0. The number of rotatable bonds is 11. The van der Waals surface area contributed by atoms with Crippen LogP contribution >= 0.6 is 0 Å². The maximum atomic E-state index is 12.2. The molecule has 0 spiro atoms. The van der Waals surface area contributed by atoms with Crippen LogP contribution in [-0.4, -0.2) is 11.6 Å². The van der Waals surface area contributed by atoms with Gasteiger partial charge in [-0.1, -0.05) is 85.5 Å². The minimum absolute atomic E-state index is 0.0178. The van der Waals surface area contributed by atoms with Crippen molar-refractivity contribution in [3.63, 3.8) is 0 Å². The molecular weight excluding hydrogens is 296 g/mol. The number of hydrogen-bond donors (Lipinski definition) is 0. The molecule has 24 heavy (non-hydrogen) atoms. The maximum Gasteiger partial charge on any atom is 0.182 e. The Morgan fingerprint density at radius 3 is 1.71 bits per heavy atom. The third-order valence-corrected chi connectivity index (χ3v) is 4.77. The van der Waals surface area contributed by atoms with Crippen LogP contribution in [-0.2, 0) is 9.59 Å². The molecule has 0 N–H and O–H groups in total. The molecule has 136 valence electrons. The van der Waals surface area contributed by atoms with Gasteiger partial charge in [0.05, 0.1) is 0 Å². The van der Waals surface area contributed by atoms with Crippen molar-refractivity contribution in [2.45, 2.75) is 98.3 Å². The lowest BCUT2D eigenvalue weighted by Gasteiger charge is -2.23. The van der Waals surface area contributed by atoms with Gasteiger partial charge in [-0.3, -0.25) is 9.59 Å². The average molecular weight is 333 g/mol. The molecular formula is C22H36O2. The van der Waals surface area contributed by atoms with Gasteiger partial charge in [-0.2, -0.15) is 0 Å². The van der Waals surface area contributed by atoms with E-state index in [1.54, 1.807) is 12.2 Å². The molecule has 0 amide bonds. The first-order chi connectivity index (χ1) is 11.4. The van der Waals surface area contributed by atoms with Crippen molar-refractivity contribution in [1.29, 1.82) is 0 Å². The number of unbranched alkanes of at least 4 members (excludes halogenated alkanes) is 9. The average Bonchev–Trinajstić information content (AvgIpc) is 2.51. The molecule has 0 aromatic carbocycles. The van der Waals surface area contributed by atoms with E-state index in [4.69, 9.17) is 0 Å². The van der Waals surface area contributed by atoms with E-state index in [2.05, 4.69) is 6.92 Å². The normalized spacial score (nSPS) is 15.5. The highest BCUT2D eigenvalue weighted by Gasteiger charge is 2.28. The van der Waals surface area contributed by atoms with Crippen molar-refractivity contribution >= 4 is 11.6 Å². The van der Waals surface area contributed by atoms with Crippen molar-refractivity contribution in [3.05, 3.63) is 23.3 Å². The Balaban J connectivity index is 2.18. The van der Waals surface area contributed by atoms with Crippen LogP contribution in [0.1, 0.15) is 98.3 Å². The summed E-state index contributed by atoms with van der Waals surface area (Å²) in [5, 5.41) is 0. The van der Waals surface area contributed by atoms with Gasteiger partial charge in [-0.25, -0.2) is 0 Å². The molecule has 0 saturated heterocycles. The lowest BCUT2D eigenvalue weighted by atomic mass is 9.79. The fourth-order valence-electron chi connectivity index (χ4n) is 3.19. The second kappa shape index (κ2) is 10.6. The highest BCUT2D eigenvalue weighted by molar-refractivity contribution is 6.20. The minimum atomic E-state index is -0.258. The highest BCUT2D eigenvalue weighted by atomic mass is 16.1. The topological polar surface area (TPSA) is 34.1 Å². The van der Waals surface area contributed by atoms with Gasteiger partial charge in [-0.15, -0.1) is 0 Å². The Hall–Kier alpha value is -1.18. The molecule has 0 aliphatic heterocycles. The molecule has 0 aromatic heterocycles. The second-order valence-electron chi connectivity index (χ2n) is 8.14. The summed E-state index contributed by atoms with van der Waals surface area (Å²) in [6.45, 7) is 8.18. The molecule has 2 nitrogen and oxygen atoms in total. The number of carbonyl (C=O) groups excluding carboxylic acids is 2. The molecule has 0 unspecified atom stereocenters. The van der Waals surface area contributed by atoms with Crippen molar-refractivity contribution < 1.29 is 9.59 Å². The van der Waals surface area contributed by atoms with Crippen LogP contribution in [0.5, 0.6) is 0 Å². The Morgan fingerprint density at radius 2 is 1.21 bits per heavy atom. The zero-order valence-corrected chi connectivity index (χ0v) is 16.2. The van der Waals surface area contributed by atoms with Crippen LogP contribution < -0.4 is 0 Å². The van der Waals surface area contributed by atoms with Gasteiger partial charge in [0.2, 0.25) is 0 Å². The molecule has 2 heteroatoms. The molecule has 0 radical (unpaired) electrons. The summed E-state index contributed by atoms with van der Waals surface area (Å²) in [5.74, 6) is 0.0552. The predicted octanol–water partition coefficient (Wildman–Crippen LogP) is 6.35. The summed E-state index contributed by atoms with van der Waals surface area (Å²) in [7, 11) is 0. The molecule has 0 bridgehead atoms. The first kappa shape index (κ1) is 20.9. The van der Waals surface area contributed by atoms with Gasteiger partial charge in [0.1, 0.15) is 0 Å². The van der Waals surface area contributed by atoms with Crippen molar-refractivity contribution in [2.24, 2.45) is 5.41 Å². The second-order valence-corrected chi connectivity index (χ2v) is 8.14. The van der Waals surface area contributed by atoms with Crippen LogP contribution in [0.25, 0.3) is 0 Å². The van der Waals surface area contributed by atoms with E-state index >= 15 is 0 Å². The van der Waals surface area contributed by atoms with E-state index < -0.39 is 0 Å². The van der Waals surface area contributed by atoms with Crippen molar-refractivity contribution in [1.82, 2.24) is 0 Å². The van der Waals surface area contributed by atoms with Crippen LogP contribution in [0, 0.1) is 5.41 Å². The molecule has 0 saturated carbocycles. The molecule has 0 atom stereocenters. The minimum Gasteiger partial charge on any atom is -0.290 e. The first-order valence-corrected chi connectivity index (χ1v) is 9.87. The number of hydrogen-bond acceptors (Lipinski definition) is 2. The molecule has 1 aliphatic carbocycles. The van der Waals surface area contributed by atoms with E-state index in [0.29, 0.717) is 11.1 Å². The van der Waals surface area contributed by atoms with E-state index in [1.807, 2.05) is 20.8 Å². The van der Waals surface area contributed by atoms with Gasteiger partial charge >= 0.3 is 0 Å². The van der Waals surface area contributed by atoms with Crippen molar-refractivity contribution in [3.8, 4) is 0 Å². The monoisotopic (exact) mass is 332 g/mol. The highest BCUT2D eigenvalue weighted by Crippen LogP contribution is 2.30. The number of allylic oxidation sites excluding steroid dienone is 4. The fraction of sp³-hybridized carbons (Fsp3) is 0.727. The van der Waals surface area contributed by atoms with Gasteiger partial charge in [0.15, 0.2) is 11.6 Å². The summed E-state index contributed by atoms with van der Waals surface area (Å²) < 4.78 is 0. The van der Waals surface area contributed by atoms with Gasteiger partial charge in [-0.05, 0) is 30.4 Å². The quantitative estimate of drug-likeness (QED) is 0.326. The Labute approximate surface area is 148 Å². The van der Waals surface area contributed by atoms with Gasteiger partial charge in [0, 0.05) is 11.1 Å². The Morgan fingerprint density at radius 1 is 0.708 bits per heavy atom. The summed E-state index contributed by atoms with van der Waals surface area (Å²) >= 11 is 0. The zero-order valence-electron chi connectivity index (χ0n) is 16.2. The van der Waals surface area contributed by atoms with E-state index in [-0.39, 0.29) is 17.0 Å². The van der Waals surface area contributed by atoms with Crippen LogP contribution in [0.15, 0.2) is 23.3 Å². The lowest BCUT2D eigenvalue weighted by Crippen LogP contribution is -2.22. The van der Waals surface area contributed by atoms with E-state index in [1.165, 1.54) is 51.4 Å². The van der Waals surface area contributed by atoms with Crippen LogP contribution in [0.2, 0.25) is 0 Å². The standard InChI is InChI=1S/C22H36O2/c1-5-6-7-8-9-10-11-12-13-14-15-18-16-21(24)19(17-20(18)23)22(2,3)4/h16-17H,5-15H2,1-4H3. The SMILES string of the molecule is CCCCCCCCCCCCC1=CC(=O)C(C(C)(C)C)=CC1=O. The lowest BCUT2D eigenvalue weighted by molar-refractivity contribution is -0.116. The maximum absolute atomic E-state index is 12.2. The number of carbonyl (C=O) groups is 2. The third-order valence-electron chi connectivity index (χ3n) is 4.77. The summed E-state index contributed by atoms with van der Waals surface area (Å²) in [5.41, 5.74) is 1.08. The largest absolute Gasteiger partial charge is 0.290 e. The van der Waals surface area contributed by atoms with E-state index in [9.17, 15) is 9.59 Å². The smallest absolute Gasteiger partial charge is 0.182 e. The molecule has 0 heterocycles. The Kier molecular flexibility index (Phi) is 9.25. The molecule has 0 fully saturated rings. The van der Waals surface area contributed by atoms with Crippen molar-refractivity contribution in [2.75, 3.05) is 0 Å². The summed E-state index contributed by atoms with van der Waals surface area (Å²) in [6, 6.07) is 0. The van der Waals surface area contributed by atoms with Crippen LogP contribution in [0.3, 0.4) is 0 Å². The molecule has 1 aliphatic rings. The third kappa shape index (κ3) is 7.59. The first-order valence-electron chi connectivity index (χ1n) is 9.87. The fourth-order valence-corrected chi connectivity index (χ4v) is 3.19. The number of ketones is 2. The van der Waals surface area contributed by atoms with Crippen LogP contribution in [0.4, 0.5) is 0 Å².